The Hall–Kier alpha value is -1.80. The Labute approximate surface area is 146 Å². The Bertz CT molecular complexity index is 623. The monoisotopic (exact) mass is 326 g/mol. The van der Waals surface area contributed by atoms with Gasteiger partial charge in [0.15, 0.2) is 0 Å². The molecule has 130 valence electrons. The second-order valence-electron chi connectivity index (χ2n) is 6.85. The normalized spacial score (nSPS) is 18.1. The van der Waals surface area contributed by atoms with Crippen LogP contribution in [0, 0.1) is 5.92 Å². The summed E-state index contributed by atoms with van der Waals surface area (Å²) < 4.78 is 5.91. The van der Waals surface area contributed by atoms with E-state index in [2.05, 4.69) is 39.5 Å². The molecule has 0 aromatic heterocycles. The Morgan fingerprint density at radius 1 is 1.38 bits per heavy atom. The second kappa shape index (κ2) is 8.89. The molecule has 2 heteroatoms. The van der Waals surface area contributed by atoms with Crippen molar-refractivity contribution >= 4 is 6.08 Å². The standard InChI is InChI=1S/C22H30O2/c1-5-7-18(14-19-8-6-9-20(23)15-19)10-11-22-21(12-13-24-22)17(4)16(2)3/h6,8-9,12,14-16,22-23H,4-5,7,10-11,13H2,1-3H3/b18-14+. The molecule has 1 aromatic rings. The van der Waals surface area contributed by atoms with Gasteiger partial charge in [0.05, 0.1) is 12.7 Å². The zero-order valence-corrected chi connectivity index (χ0v) is 15.2. The first kappa shape index (κ1) is 18.5. The smallest absolute Gasteiger partial charge is 0.116 e. The van der Waals surface area contributed by atoms with E-state index in [-0.39, 0.29) is 6.10 Å². The van der Waals surface area contributed by atoms with E-state index in [0.717, 1.165) is 31.2 Å². The minimum absolute atomic E-state index is 0.171. The lowest BCUT2D eigenvalue weighted by Gasteiger charge is -2.19. The molecular weight excluding hydrogens is 296 g/mol. The summed E-state index contributed by atoms with van der Waals surface area (Å²) in [4.78, 5) is 0. The van der Waals surface area contributed by atoms with Crippen LogP contribution >= 0.6 is 0 Å². The Morgan fingerprint density at radius 2 is 2.17 bits per heavy atom. The van der Waals surface area contributed by atoms with Crippen molar-refractivity contribution in [2.24, 2.45) is 5.92 Å². The summed E-state index contributed by atoms with van der Waals surface area (Å²) >= 11 is 0. The Kier molecular flexibility index (Phi) is 6.86. The van der Waals surface area contributed by atoms with E-state index in [1.54, 1.807) is 6.07 Å². The van der Waals surface area contributed by atoms with Gasteiger partial charge in [0.25, 0.3) is 0 Å². The van der Waals surface area contributed by atoms with Crippen LogP contribution in [0.5, 0.6) is 5.75 Å². The topological polar surface area (TPSA) is 29.5 Å². The lowest BCUT2D eigenvalue weighted by atomic mass is 9.90. The first-order valence-corrected chi connectivity index (χ1v) is 9.00. The SMILES string of the molecule is C=C(C1=CCOC1CC/C(=C/c1cccc(O)c1)CCC)C(C)C. The molecule has 24 heavy (non-hydrogen) atoms. The molecule has 0 fully saturated rings. The molecule has 1 heterocycles. The second-order valence-corrected chi connectivity index (χ2v) is 6.85. The molecule has 0 radical (unpaired) electrons. The summed E-state index contributed by atoms with van der Waals surface area (Å²) in [5.74, 6) is 0.774. The van der Waals surface area contributed by atoms with Gasteiger partial charge in [-0.25, -0.2) is 0 Å². The van der Waals surface area contributed by atoms with Gasteiger partial charge in [-0.3, -0.25) is 0 Å². The lowest BCUT2D eigenvalue weighted by Crippen LogP contribution is -2.13. The molecular formula is C22H30O2. The van der Waals surface area contributed by atoms with E-state index in [0.29, 0.717) is 18.3 Å². The summed E-state index contributed by atoms with van der Waals surface area (Å²) in [6.07, 6.45) is 8.76. The number of phenols is 1. The number of allylic oxidation sites excluding steroid dienone is 1. The maximum atomic E-state index is 9.64. The van der Waals surface area contributed by atoms with Gasteiger partial charge in [0, 0.05) is 0 Å². The molecule has 2 nitrogen and oxygen atoms in total. The maximum Gasteiger partial charge on any atom is 0.116 e. The van der Waals surface area contributed by atoms with Gasteiger partial charge in [-0.05, 0) is 54.0 Å². The fraction of sp³-hybridized carbons (Fsp3) is 0.455. The summed E-state index contributed by atoms with van der Waals surface area (Å²) in [6.45, 7) is 11.5. The largest absolute Gasteiger partial charge is 0.508 e. The minimum Gasteiger partial charge on any atom is -0.508 e. The van der Waals surface area contributed by atoms with Gasteiger partial charge in [0.2, 0.25) is 0 Å². The van der Waals surface area contributed by atoms with Crippen LogP contribution in [0.25, 0.3) is 6.08 Å². The molecule has 1 N–H and O–H groups in total. The van der Waals surface area contributed by atoms with Crippen LogP contribution in [0.4, 0.5) is 0 Å². The summed E-state index contributed by atoms with van der Waals surface area (Å²) in [7, 11) is 0. The van der Waals surface area contributed by atoms with Crippen LogP contribution < -0.4 is 0 Å². The van der Waals surface area contributed by atoms with E-state index in [1.807, 2.05) is 18.2 Å². The third kappa shape index (κ3) is 5.10. The van der Waals surface area contributed by atoms with E-state index in [4.69, 9.17) is 4.74 Å². The molecule has 1 aromatic carbocycles. The fourth-order valence-corrected chi connectivity index (χ4v) is 3.14. The molecule has 0 aliphatic carbocycles. The van der Waals surface area contributed by atoms with Crippen molar-refractivity contribution in [1.29, 1.82) is 0 Å². The van der Waals surface area contributed by atoms with Crippen molar-refractivity contribution in [2.45, 2.75) is 52.6 Å². The molecule has 0 saturated heterocycles. The Balaban J connectivity index is 2.04. The van der Waals surface area contributed by atoms with Crippen LogP contribution in [0.15, 0.2) is 53.6 Å². The van der Waals surface area contributed by atoms with E-state index >= 15 is 0 Å². The third-order valence-electron chi connectivity index (χ3n) is 4.56. The van der Waals surface area contributed by atoms with E-state index < -0.39 is 0 Å². The van der Waals surface area contributed by atoms with Crippen LogP contribution in [0.3, 0.4) is 0 Å². The van der Waals surface area contributed by atoms with Gasteiger partial charge < -0.3 is 9.84 Å². The van der Waals surface area contributed by atoms with Crippen molar-refractivity contribution < 1.29 is 9.84 Å². The Morgan fingerprint density at radius 3 is 2.83 bits per heavy atom. The predicted molar refractivity (Wildman–Crippen MR) is 102 cm³/mol. The molecule has 0 spiro atoms. The number of hydrogen-bond donors (Lipinski definition) is 1. The molecule has 0 bridgehead atoms. The number of benzene rings is 1. The molecule has 0 saturated carbocycles. The quantitative estimate of drug-likeness (QED) is 0.645. The van der Waals surface area contributed by atoms with Gasteiger partial charge in [0.1, 0.15) is 5.75 Å². The van der Waals surface area contributed by atoms with E-state index in [1.165, 1.54) is 16.7 Å². The van der Waals surface area contributed by atoms with Crippen LogP contribution in [-0.2, 0) is 4.74 Å². The van der Waals surface area contributed by atoms with Crippen molar-refractivity contribution in [2.75, 3.05) is 6.61 Å². The van der Waals surface area contributed by atoms with Gasteiger partial charge >= 0.3 is 0 Å². The van der Waals surface area contributed by atoms with Crippen molar-refractivity contribution in [3.63, 3.8) is 0 Å². The fourth-order valence-electron chi connectivity index (χ4n) is 3.14. The highest BCUT2D eigenvalue weighted by atomic mass is 16.5. The van der Waals surface area contributed by atoms with Crippen molar-refractivity contribution in [3.8, 4) is 5.75 Å². The highest BCUT2D eigenvalue weighted by molar-refractivity contribution is 5.54. The van der Waals surface area contributed by atoms with Gasteiger partial charge in [-0.15, -0.1) is 0 Å². The molecule has 0 amide bonds. The number of hydrogen-bond acceptors (Lipinski definition) is 2. The van der Waals surface area contributed by atoms with Crippen molar-refractivity contribution in [1.82, 2.24) is 0 Å². The average molecular weight is 326 g/mol. The number of ether oxygens (including phenoxy) is 1. The van der Waals surface area contributed by atoms with Gasteiger partial charge in [-0.1, -0.05) is 63.6 Å². The molecule has 1 unspecified atom stereocenters. The van der Waals surface area contributed by atoms with Crippen LogP contribution in [-0.4, -0.2) is 17.8 Å². The number of phenolic OH excluding ortho intramolecular Hbond substituents is 1. The average Bonchev–Trinajstić information content (AvgIpc) is 3.00. The predicted octanol–water partition coefficient (Wildman–Crippen LogP) is 5.89. The van der Waals surface area contributed by atoms with Crippen LogP contribution in [0.2, 0.25) is 0 Å². The first-order chi connectivity index (χ1) is 11.5. The highest BCUT2D eigenvalue weighted by Crippen LogP contribution is 2.30. The summed E-state index contributed by atoms with van der Waals surface area (Å²) in [6, 6.07) is 7.44. The molecule has 1 aliphatic heterocycles. The third-order valence-corrected chi connectivity index (χ3v) is 4.56. The first-order valence-electron chi connectivity index (χ1n) is 9.00. The number of aromatic hydroxyl groups is 1. The van der Waals surface area contributed by atoms with Crippen molar-refractivity contribution in [3.05, 3.63) is 59.2 Å². The maximum absolute atomic E-state index is 9.64. The molecule has 1 atom stereocenters. The molecule has 2 rings (SSSR count). The zero-order valence-electron chi connectivity index (χ0n) is 15.2. The molecule has 1 aliphatic rings. The summed E-state index contributed by atoms with van der Waals surface area (Å²) in [5.41, 5.74) is 4.96. The minimum atomic E-state index is 0.171. The lowest BCUT2D eigenvalue weighted by molar-refractivity contribution is 0.116. The highest BCUT2D eigenvalue weighted by Gasteiger charge is 2.23. The summed E-state index contributed by atoms with van der Waals surface area (Å²) in [5, 5.41) is 9.64. The van der Waals surface area contributed by atoms with Crippen LogP contribution in [0.1, 0.15) is 52.0 Å². The number of rotatable bonds is 8. The van der Waals surface area contributed by atoms with E-state index in [9.17, 15) is 5.11 Å². The zero-order chi connectivity index (χ0) is 17.5. The van der Waals surface area contributed by atoms with Gasteiger partial charge in [-0.2, -0.15) is 0 Å².